The van der Waals surface area contributed by atoms with Crippen LogP contribution >= 0.6 is 0 Å². The lowest BCUT2D eigenvalue weighted by Gasteiger charge is -2.35. The summed E-state index contributed by atoms with van der Waals surface area (Å²) in [5.74, 6) is 0.321. The van der Waals surface area contributed by atoms with E-state index >= 15 is 0 Å². The summed E-state index contributed by atoms with van der Waals surface area (Å²) in [4.78, 5) is 27.9. The molecule has 124 valence electrons. The van der Waals surface area contributed by atoms with Crippen molar-refractivity contribution >= 4 is 17.5 Å². The van der Waals surface area contributed by atoms with Crippen LogP contribution in [0.4, 0.5) is 5.69 Å². The maximum absolute atomic E-state index is 12.5. The third-order valence-corrected chi connectivity index (χ3v) is 4.45. The molecule has 5 heteroatoms. The molecular formula is C18H24N2O3. The predicted molar refractivity (Wildman–Crippen MR) is 88.3 cm³/mol. The molecule has 3 rings (SSSR count). The second-order valence-corrected chi connectivity index (χ2v) is 6.55. The smallest absolute Gasteiger partial charge is 0.227 e. The Kier molecular flexibility index (Phi) is 4.66. The molecule has 0 aromatic heterocycles. The van der Waals surface area contributed by atoms with E-state index in [1.165, 1.54) is 0 Å². The zero-order valence-electron chi connectivity index (χ0n) is 13.8. The van der Waals surface area contributed by atoms with E-state index < -0.39 is 0 Å². The zero-order chi connectivity index (χ0) is 16.4. The Bertz CT molecular complexity index is 574. The van der Waals surface area contributed by atoms with Crippen LogP contribution in [0.1, 0.15) is 32.3 Å². The number of nitrogens with zero attached hydrogens (tertiary/aromatic N) is 2. The van der Waals surface area contributed by atoms with E-state index in [4.69, 9.17) is 4.74 Å². The number of hydrogen-bond acceptors (Lipinski definition) is 3. The van der Waals surface area contributed by atoms with Gasteiger partial charge in [0.2, 0.25) is 11.8 Å². The van der Waals surface area contributed by atoms with Crippen LogP contribution in [0.25, 0.3) is 0 Å². The van der Waals surface area contributed by atoms with E-state index in [1.54, 1.807) is 0 Å². The van der Waals surface area contributed by atoms with Gasteiger partial charge in [-0.15, -0.1) is 0 Å². The monoisotopic (exact) mass is 316 g/mol. The lowest BCUT2D eigenvalue weighted by Crippen LogP contribution is -2.48. The molecule has 0 saturated carbocycles. The molecule has 2 aliphatic rings. The molecule has 0 radical (unpaired) electrons. The van der Waals surface area contributed by atoms with E-state index in [2.05, 4.69) is 0 Å². The van der Waals surface area contributed by atoms with Crippen molar-refractivity contribution in [1.29, 1.82) is 0 Å². The number of ether oxygens (including phenoxy) is 1. The Morgan fingerprint density at radius 2 is 1.83 bits per heavy atom. The highest BCUT2D eigenvalue weighted by atomic mass is 16.5. The molecule has 0 aliphatic carbocycles. The number of hydrogen-bond donors (Lipinski definition) is 0. The number of morpholine rings is 1. The number of carbonyl (C=O) groups is 2. The molecule has 2 fully saturated rings. The first-order valence-corrected chi connectivity index (χ1v) is 8.35. The molecular weight excluding hydrogens is 292 g/mol. The molecule has 23 heavy (non-hydrogen) atoms. The number of anilines is 1. The SMILES string of the molecule is C[C@@H]1CN(C(=O)Cc2ccc(N3CCCC3=O)cc2)C[C@H](C)O1. The van der Waals surface area contributed by atoms with Crippen LogP contribution < -0.4 is 4.90 Å². The summed E-state index contributed by atoms with van der Waals surface area (Å²) < 4.78 is 5.67. The van der Waals surface area contributed by atoms with E-state index in [1.807, 2.05) is 47.9 Å². The maximum Gasteiger partial charge on any atom is 0.227 e. The highest BCUT2D eigenvalue weighted by Crippen LogP contribution is 2.22. The van der Waals surface area contributed by atoms with E-state index in [9.17, 15) is 9.59 Å². The Hall–Kier alpha value is -1.88. The second-order valence-electron chi connectivity index (χ2n) is 6.55. The van der Waals surface area contributed by atoms with Crippen molar-refractivity contribution < 1.29 is 14.3 Å². The minimum Gasteiger partial charge on any atom is -0.372 e. The van der Waals surface area contributed by atoms with E-state index in [-0.39, 0.29) is 24.0 Å². The largest absolute Gasteiger partial charge is 0.372 e. The van der Waals surface area contributed by atoms with Crippen molar-refractivity contribution in [3.63, 3.8) is 0 Å². The van der Waals surface area contributed by atoms with Crippen molar-refractivity contribution in [2.24, 2.45) is 0 Å². The topological polar surface area (TPSA) is 49.9 Å². The molecule has 0 unspecified atom stereocenters. The number of carbonyl (C=O) groups excluding carboxylic acids is 2. The summed E-state index contributed by atoms with van der Waals surface area (Å²) in [7, 11) is 0. The average Bonchev–Trinajstić information content (AvgIpc) is 2.93. The van der Waals surface area contributed by atoms with Gasteiger partial charge in [0.25, 0.3) is 0 Å². The lowest BCUT2D eigenvalue weighted by molar-refractivity contribution is -0.142. The van der Waals surface area contributed by atoms with E-state index in [0.717, 1.165) is 24.2 Å². The maximum atomic E-state index is 12.5. The fourth-order valence-corrected chi connectivity index (χ4v) is 3.38. The van der Waals surface area contributed by atoms with Crippen molar-refractivity contribution in [3.05, 3.63) is 29.8 Å². The van der Waals surface area contributed by atoms with Gasteiger partial charge in [0.05, 0.1) is 18.6 Å². The summed E-state index contributed by atoms with van der Waals surface area (Å²) in [6, 6.07) is 7.78. The molecule has 0 N–H and O–H groups in total. The normalized spacial score (nSPS) is 25.0. The highest BCUT2D eigenvalue weighted by Gasteiger charge is 2.26. The zero-order valence-corrected chi connectivity index (χ0v) is 13.8. The Morgan fingerprint density at radius 1 is 1.17 bits per heavy atom. The fraction of sp³-hybridized carbons (Fsp3) is 0.556. The van der Waals surface area contributed by atoms with Crippen molar-refractivity contribution in [3.8, 4) is 0 Å². The minimum absolute atomic E-state index is 0.0891. The fourth-order valence-electron chi connectivity index (χ4n) is 3.38. The van der Waals surface area contributed by atoms with Gasteiger partial charge >= 0.3 is 0 Å². The second kappa shape index (κ2) is 6.71. The van der Waals surface area contributed by atoms with Crippen molar-refractivity contribution in [2.75, 3.05) is 24.5 Å². The molecule has 2 heterocycles. The first-order chi connectivity index (χ1) is 11.0. The van der Waals surface area contributed by atoms with Gasteiger partial charge in [0.15, 0.2) is 0 Å². The number of benzene rings is 1. The summed E-state index contributed by atoms with van der Waals surface area (Å²) in [5.41, 5.74) is 1.91. The number of amides is 2. The number of rotatable bonds is 3. The van der Waals surface area contributed by atoms with Crippen LogP contribution in [-0.4, -0.2) is 48.6 Å². The Morgan fingerprint density at radius 3 is 2.39 bits per heavy atom. The van der Waals surface area contributed by atoms with Crippen molar-refractivity contribution in [2.45, 2.75) is 45.3 Å². The first-order valence-electron chi connectivity index (χ1n) is 8.35. The van der Waals surface area contributed by atoms with Gasteiger partial charge in [-0.25, -0.2) is 0 Å². The molecule has 2 atom stereocenters. The molecule has 0 bridgehead atoms. The third kappa shape index (κ3) is 3.72. The molecule has 2 saturated heterocycles. The summed E-state index contributed by atoms with van der Waals surface area (Å²) >= 11 is 0. The van der Waals surface area contributed by atoms with Crippen molar-refractivity contribution in [1.82, 2.24) is 4.90 Å². The molecule has 1 aromatic carbocycles. The van der Waals surface area contributed by atoms with Gasteiger partial charge in [-0.2, -0.15) is 0 Å². The first kappa shape index (κ1) is 16.0. The standard InChI is InChI=1S/C18H24N2O3/c1-13-11-19(12-14(2)23-13)18(22)10-15-5-7-16(8-6-15)20-9-3-4-17(20)21/h5-8,13-14H,3-4,9-12H2,1-2H3/t13-,14+. The average molecular weight is 316 g/mol. The molecule has 2 amide bonds. The van der Waals surface area contributed by atoms with Crippen LogP contribution in [0.5, 0.6) is 0 Å². The predicted octanol–water partition coefficient (Wildman–Crippen LogP) is 1.99. The van der Waals surface area contributed by atoms with E-state index in [0.29, 0.717) is 25.9 Å². The van der Waals surface area contributed by atoms with Crippen LogP contribution in [0, 0.1) is 0 Å². The summed E-state index contributed by atoms with van der Waals surface area (Å²) in [6.07, 6.45) is 2.13. The summed E-state index contributed by atoms with van der Waals surface area (Å²) in [6.45, 7) is 6.10. The van der Waals surface area contributed by atoms with Gasteiger partial charge in [0.1, 0.15) is 0 Å². The van der Waals surface area contributed by atoms with Gasteiger partial charge in [-0.3, -0.25) is 9.59 Å². The van der Waals surface area contributed by atoms with Crippen LogP contribution in [0.2, 0.25) is 0 Å². The van der Waals surface area contributed by atoms with Gasteiger partial charge in [-0.1, -0.05) is 12.1 Å². The molecule has 2 aliphatic heterocycles. The van der Waals surface area contributed by atoms with Crippen LogP contribution in [-0.2, 0) is 20.7 Å². The Labute approximate surface area is 137 Å². The van der Waals surface area contributed by atoms with Gasteiger partial charge < -0.3 is 14.5 Å². The highest BCUT2D eigenvalue weighted by molar-refractivity contribution is 5.95. The van der Waals surface area contributed by atoms with Crippen LogP contribution in [0.3, 0.4) is 0 Å². The molecule has 5 nitrogen and oxygen atoms in total. The Balaban J connectivity index is 1.61. The quantitative estimate of drug-likeness (QED) is 0.857. The molecule has 0 spiro atoms. The van der Waals surface area contributed by atoms with Gasteiger partial charge in [-0.05, 0) is 38.0 Å². The minimum atomic E-state index is 0.0891. The molecule has 1 aromatic rings. The van der Waals surface area contributed by atoms with Crippen LogP contribution in [0.15, 0.2) is 24.3 Å². The van der Waals surface area contributed by atoms with Gasteiger partial charge in [0, 0.05) is 31.7 Å². The lowest BCUT2D eigenvalue weighted by atomic mass is 10.1. The third-order valence-electron chi connectivity index (χ3n) is 4.45. The summed E-state index contributed by atoms with van der Waals surface area (Å²) in [5, 5.41) is 0.